The van der Waals surface area contributed by atoms with Crippen LogP contribution < -0.4 is 11.1 Å². The second-order valence-electron chi connectivity index (χ2n) is 4.64. The fourth-order valence-electron chi connectivity index (χ4n) is 1.91. The standard InChI is InChI=1S/C14H22N2O2S/c1-3-14(4-2,10-15)16-13(18)8-7-11(17)12-6-5-9-19-12/h5-6,9H,3-4,7-8,10,15H2,1-2H3,(H,16,18). The Morgan fingerprint density at radius 3 is 2.47 bits per heavy atom. The molecule has 1 amide bonds. The summed E-state index contributed by atoms with van der Waals surface area (Å²) in [4.78, 5) is 24.4. The highest BCUT2D eigenvalue weighted by Gasteiger charge is 2.26. The lowest BCUT2D eigenvalue weighted by Crippen LogP contribution is -2.52. The second kappa shape index (κ2) is 7.40. The summed E-state index contributed by atoms with van der Waals surface area (Å²) in [7, 11) is 0. The van der Waals surface area contributed by atoms with E-state index in [-0.39, 0.29) is 30.1 Å². The van der Waals surface area contributed by atoms with E-state index in [1.807, 2.05) is 25.3 Å². The molecule has 0 spiro atoms. The normalized spacial score (nSPS) is 11.3. The van der Waals surface area contributed by atoms with Crippen LogP contribution in [0.4, 0.5) is 0 Å². The molecule has 1 rings (SSSR count). The van der Waals surface area contributed by atoms with Gasteiger partial charge < -0.3 is 11.1 Å². The second-order valence-corrected chi connectivity index (χ2v) is 5.59. The summed E-state index contributed by atoms with van der Waals surface area (Å²) in [5.74, 6) is -0.0736. The smallest absolute Gasteiger partial charge is 0.220 e. The predicted octanol–water partition coefficient (Wildman–Crippen LogP) is 2.34. The van der Waals surface area contributed by atoms with E-state index in [4.69, 9.17) is 5.73 Å². The van der Waals surface area contributed by atoms with Crippen LogP contribution in [0.1, 0.15) is 49.2 Å². The van der Waals surface area contributed by atoms with Gasteiger partial charge in [-0.1, -0.05) is 19.9 Å². The Morgan fingerprint density at radius 1 is 1.32 bits per heavy atom. The molecule has 4 nitrogen and oxygen atoms in total. The summed E-state index contributed by atoms with van der Waals surface area (Å²) in [6.07, 6.45) is 2.06. The van der Waals surface area contributed by atoms with Crippen LogP contribution in [0.5, 0.6) is 0 Å². The molecule has 5 heteroatoms. The molecule has 1 aromatic rings. The third-order valence-corrected chi connectivity index (χ3v) is 4.43. The van der Waals surface area contributed by atoms with E-state index >= 15 is 0 Å². The minimum Gasteiger partial charge on any atom is -0.349 e. The van der Waals surface area contributed by atoms with Gasteiger partial charge in [0.1, 0.15) is 0 Å². The highest BCUT2D eigenvalue weighted by atomic mass is 32.1. The summed E-state index contributed by atoms with van der Waals surface area (Å²) in [5, 5.41) is 4.83. The fraction of sp³-hybridized carbons (Fsp3) is 0.571. The number of ketones is 1. The molecule has 3 N–H and O–H groups in total. The van der Waals surface area contributed by atoms with Gasteiger partial charge in [-0.25, -0.2) is 0 Å². The maximum atomic E-state index is 11.9. The van der Waals surface area contributed by atoms with Gasteiger partial charge in [0, 0.05) is 19.4 Å². The number of nitrogens with one attached hydrogen (secondary N) is 1. The SMILES string of the molecule is CCC(CC)(CN)NC(=O)CCC(=O)c1cccs1. The number of hydrogen-bond donors (Lipinski definition) is 2. The molecule has 0 saturated carbocycles. The number of Topliss-reactive ketones (excluding diaryl/α,β-unsaturated/α-hetero) is 1. The maximum Gasteiger partial charge on any atom is 0.220 e. The number of carbonyl (C=O) groups is 2. The molecule has 0 unspecified atom stereocenters. The van der Waals surface area contributed by atoms with Crippen LogP contribution in [-0.2, 0) is 4.79 Å². The predicted molar refractivity (Wildman–Crippen MR) is 78.4 cm³/mol. The number of thiophene rings is 1. The molecule has 0 fully saturated rings. The largest absolute Gasteiger partial charge is 0.349 e. The summed E-state index contributed by atoms with van der Waals surface area (Å²) >= 11 is 1.41. The van der Waals surface area contributed by atoms with E-state index in [9.17, 15) is 9.59 Å². The number of carbonyl (C=O) groups excluding carboxylic acids is 2. The van der Waals surface area contributed by atoms with Crippen LogP contribution in [0, 0.1) is 0 Å². The molecule has 0 aliphatic carbocycles. The van der Waals surface area contributed by atoms with E-state index in [1.54, 1.807) is 6.07 Å². The van der Waals surface area contributed by atoms with Crippen molar-refractivity contribution >= 4 is 23.0 Å². The first-order valence-electron chi connectivity index (χ1n) is 6.64. The number of nitrogens with two attached hydrogens (primary N) is 1. The monoisotopic (exact) mass is 282 g/mol. The van der Waals surface area contributed by atoms with Gasteiger partial charge >= 0.3 is 0 Å². The van der Waals surface area contributed by atoms with Crippen LogP contribution >= 0.6 is 11.3 Å². The minimum absolute atomic E-state index is 0.0245. The highest BCUT2D eigenvalue weighted by molar-refractivity contribution is 7.12. The Labute approximate surface area is 118 Å². The van der Waals surface area contributed by atoms with Crippen molar-refractivity contribution in [2.24, 2.45) is 5.73 Å². The zero-order chi connectivity index (χ0) is 14.3. The molecule has 0 radical (unpaired) electrons. The maximum absolute atomic E-state index is 11.9. The van der Waals surface area contributed by atoms with Gasteiger partial charge in [0.05, 0.1) is 10.4 Å². The van der Waals surface area contributed by atoms with Crippen LogP contribution in [0.25, 0.3) is 0 Å². The van der Waals surface area contributed by atoms with Gasteiger partial charge in [-0.3, -0.25) is 9.59 Å². The molecular formula is C14H22N2O2S. The number of rotatable bonds is 8. The van der Waals surface area contributed by atoms with Crippen molar-refractivity contribution < 1.29 is 9.59 Å². The van der Waals surface area contributed by atoms with Crippen LogP contribution in [0.3, 0.4) is 0 Å². The van der Waals surface area contributed by atoms with Gasteiger partial charge in [0.15, 0.2) is 5.78 Å². The zero-order valence-electron chi connectivity index (χ0n) is 11.6. The first-order chi connectivity index (χ1) is 9.06. The third kappa shape index (κ3) is 4.44. The van der Waals surface area contributed by atoms with E-state index in [0.29, 0.717) is 11.4 Å². The third-order valence-electron chi connectivity index (χ3n) is 3.52. The average molecular weight is 282 g/mol. The summed E-state index contributed by atoms with van der Waals surface area (Å²) in [6, 6.07) is 3.62. The van der Waals surface area contributed by atoms with Gasteiger partial charge in [-0.2, -0.15) is 0 Å². The molecule has 1 heterocycles. The fourth-order valence-corrected chi connectivity index (χ4v) is 2.61. The Hall–Kier alpha value is -1.20. The van der Waals surface area contributed by atoms with Crippen molar-refractivity contribution in [1.82, 2.24) is 5.32 Å². The molecule has 0 aliphatic heterocycles. The molecule has 19 heavy (non-hydrogen) atoms. The van der Waals surface area contributed by atoms with Gasteiger partial charge in [0.2, 0.25) is 5.91 Å². The molecule has 0 bridgehead atoms. The zero-order valence-corrected chi connectivity index (χ0v) is 12.4. The van der Waals surface area contributed by atoms with Crippen molar-refractivity contribution in [2.45, 2.75) is 45.1 Å². The lowest BCUT2D eigenvalue weighted by atomic mass is 9.92. The lowest BCUT2D eigenvalue weighted by molar-refractivity contribution is -0.123. The van der Waals surface area contributed by atoms with E-state index in [1.165, 1.54) is 11.3 Å². The van der Waals surface area contributed by atoms with E-state index in [0.717, 1.165) is 12.8 Å². The molecule has 0 saturated heterocycles. The topological polar surface area (TPSA) is 72.2 Å². The molecular weight excluding hydrogens is 260 g/mol. The van der Waals surface area contributed by atoms with E-state index < -0.39 is 0 Å². The number of hydrogen-bond acceptors (Lipinski definition) is 4. The van der Waals surface area contributed by atoms with E-state index in [2.05, 4.69) is 5.32 Å². The highest BCUT2D eigenvalue weighted by Crippen LogP contribution is 2.15. The molecule has 106 valence electrons. The molecule has 0 aromatic carbocycles. The van der Waals surface area contributed by atoms with Crippen molar-refractivity contribution in [1.29, 1.82) is 0 Å². The Kier molecular flexibility index (Phi) is 6.18. The van der Waals surface area contributed by atoms with Crippen molar-refractivity contribution in [3.63, 3.8) is 0 Å². The molecule has 0 aliphatic rings. The van der Waals surface area contributed by atoms with Crippen molar-refractivity contribution in [3.8, 4) is 0 Å². The van der Waals surface area contributed by atoms with Gasteiger partial charge in [-0.05, 0) is 24.3 Å². The van der Waals surface area contributed by atoms with Crippen LogP contribution in [0.15, 0.2) is 17.5 Å². The molecule has 0 atom stereocenters. The van der Waals surface area contributed by atoms with Crippen molar-refractivity contribution in [2.75, 3.05) is 6.54 Å². The van der Waals surface area contributed by atoms with Crippen molar-refractivity contribution in [3.05, 3.63) is 22.4 Å². The van der Waals surface area contributed by atoms with Crippen LogP contribution in [0.2, 0.25) is 0 Å². The van der Waals surface area contributed by atoms with Crippen LogP contribution in [-0.4, -0.2) is 23.8 Å². The Balaban J connectivity index is 2.45. The first-order valence-corrected chi connectivity index (χ1v) is 7.52. The quantitative estimate of drug-likeness (QED) is 0.719. The molecule has 1 aromatic heterocycles. The summed E-state index contributed by atoms with van der Waals surface area (Å²) in [6.45, 7) is 4.44. The Bertz CT molecular complexity index is 403. The Morgan fingerprint density at radius 2 is 2.00 bits per heavy atom. The summed E-state index contributed by atoms with van der Waals surface area (Å²) in [5.41, 5.74) is 5.40. The minimum atomic E-state index is -0.330. The average Bonchev–Trinajstić information content (AvgIpc) is 2.96. The first kappa shape index (κ1) is 15.9. The number of amides is 1. The summed E-state index contributed by atoms with van der Waals surface area (Å²) < 4.78 is 0. The van der Waals surface area contributed by atoms with Gasteiger partial charge in [0.25, 0.3) is 0 Å². The lowest BCUT2D eigenvalue weighted by Gasteiger charge is -2.31. The van der Waals surface area contributed by atoms with Gasteiger partial charge in [-0.15, -0.1) is 11.3 Å².